The molecule has 0 bridgehead atoms. The number of hydrogen-bond acceptors (Lipinski definition) is 6. The Balaban J connectivity index is 1.97. The maximum atomic E-state index is 13.2. The van der Waals surface area contributed by atoms with Crippen LogP contribution in [-0.2, 0) is 10.0 Å². The van der Waals surface area contributed by atoms with Gasteiger partial charge in [-0.3, -0.25) is 9.52 Å². The maximum absolute atomic E-state index is 13.2. The van der Waals surface area contributed by atoms with Crippen LogP contribution in [0.3, 0.4) is 0 Å². The number of ether oxygens (including phenoxy) is 3. The van der Waals surface area contributed by atoms with Gasteiger partial charge in [0.2, 0.25) is 0 Å². The van der Waals surface area contributed by atoms with E-state index in [1.54, 1.807) is 4.90 Å². The number of rotatable bonds is 7. The van der Waals surface area contributed by atoms with Crippen molar-refractivity contribution < 1.29 is 27.4 Å². The largest absolute Gasteiger partial charge is 0.496 e. The summed E-state index contributed by atoms with van der Waals surface area (Å²) in [5.41, 5.74) is 0.364. The minimum absolute atomic E-state index is 0.0764. The van der Waals surface area contributed by atoms with Gasteiger partial charge < -0.3 is 19.1 Å². The van der Waals surface area contributed by atoms with Crippen LogP contribution >= 0.6 is 11.6 Å². The first-order valence-corrected chi connectivity index (χ1v) is 12.1. The number of amides is 1. The van der Waals surface area contributed by atoms with Crippen molar-refractivity contribution in [2.24, 2.45) is 0 Å². The Morgan fingerprint density at radius 3 is 2.12 bits per heavy atom. The monoisotopic (exact) mass is 482 g/mol. The summed E-state index contributed by atoms with van der Waals surface area (Å²) in [4.78, 5) is 14.8. The Kier molecular flexibility index (Phi) is 7.73. The lowest BCUT2D eigenvalue weighted by Gasteiger charge is -2.22. The fraction of sp³-hybridized carbons (Fsp3) is 0.409. The van der Waals surface area contributed by atoms with Gasteiger partial charge in [0.05, 0.1) is 42.5 Å². The number of likely N-dealkylation sites (tertiary alicyclic amines) is 1. The molecule has 1 saturated heterocycles. The van der Waals surface area contributed by atoms with Crippen LogP contribution in [0.5, 0.6) is 17.2 Å². The standard InChI is InChI=1S/C22H27ClN2O6S/c1-29-19-9-8-15(12-16(19)22(26)25-10-6-4-5-7-11-25)32(27,28)24-18-14-20(30-2)17(23)13-21(18)31-3/h8-9,12-14,24H,4-7,10-11H2,1-3H3. The predicted octanol–water partition coefficient (Wildman–Crippen LogP) is 4.18. The summed E-state index contributed by atoms with van der Waals surface area (Å²) < 4.78 is 44.6. The summed E-state index contributed by atoms with van der Waals surface area (Å²) in [6.07, 6.45) is 3.99. The third-order valence-corrected chi connectivity index (χ3v) is 6.98. The molecule has 0 radical (unpaired) electrons. The number of hydrogen-bond donors (Lipinski definition) is 1. The summed E-state index contributed by atoms with van der Waals surface area (Å²) >= 11 is 6.10. The second-order valence-electron chi connectivity index (χ2n) is 7.36. The molecule has 32 heavy (non-hydrogen) atoms. The maximum Gasteiger partial charge on any atom is 0.262 e. The Morgan fingerprint density at radius 1 is 0.906 bits per heavy atom. The van der Waals surface area contributed by atoms with Crippen molar-refractivity contribution in [2.45, 2.75) is 30.6 Å². The Bertz CT molecular complexity index is 1080. The van der Waals surface area contributed by atoms with Crippen LogP contribution in [0.4, 0.5) is 5.69 Å². The molecule has 1 amide bonds. The lowest BCUT2D eigenvalue weighted by molar-refractivity contribution is 0.0758. The van der Waals surface area contributed by atoms with E-state index in [4.69, 9.17) is 25.8 Å². The number of anilines is 1. The number of nitrogens with one attached hydrogen (secondary N) is 1. The number of carbonyl (C=O) groups excluding carboxylic acids is 1. The number of sulfonamides is 1. The third kappa shape index (κ3) is 5.21. The van der Waals surface area contributed by atoms with Crippen LogP contribution in [0.15, 0.2) is 35.2 Å². The Labute approximate surface area is 193 Å². The van der Waals surface area contributed by atoms with E-state index in [-0.39, 0.29) is 38.6 Å². The zero-order valence-electron chi connectivity index (χ0n) is 18.3. The molecule has 2 aromatic carbocycles. The quantitative estimate of drug-likeness (QED) is 0.636. The van der Waals surface area contributed by atoms with Crippen molar-refractivity contribution in [1.29, 1.82) is 0 Å². The Morgan fingerprint density at radius 2 is 1.53 bits per heavy atom. The van der Waals surface area contributed by atoms with Gasteiger partial charge in [0.25, 0.3) is 15.9 Å². The zero-order valence-corrected chi connectivity index (χ0v) is 19.9. The normalized spacial score (nSPS) is 14.4. The number of benzene rings is 2. The van der Waals surface area contributed by atoms with Gasteiger partial charge in [0.1, 0.15) is 17.2 Å². The fourth-order valence-electron chi connectivity index (χ4n) is 3.61. The van der Waals surface area contributed by atoms with Gasteiger partial charge in [0.15, 0.2) is 0 Å². The van der Waals surface area contributed by atoms with Crippen molar-refractivity contribution in [1.82, 2.24) is 4.90 Å². The lowest BCUT2D eigenvalue weighted by atomic mass is 10.1. The molecule has 0 spiro atoms. The third-order valence-electron chi connectivity index (χ3n) is 5.32. The smallest absolute Gasteiger partial charge is 0.262 e. The van der Waals surface area contributed by atoms with E-state index in [1.165, 1.54) is 51.7 Å². The fourth-order valence-corrected chi connectivity index (χ4v) is 4.93. The first-order valence-electron chi connectivity index (χ1n) is 10.2. The molecule has 0 aliphatic carbocycles. The highest BCUT2D eigenvalue weighted by atomic mass is 35.5. The minimum atomic E-state index is -4.06. The number of halogens is 1. The zero-order chi connectivity index (χ0) is 23.3. The van der Waals surface area contributed by atoms with Gasteiger partial charge in [-0.15, -0.1) is 0 Å². The van der Waals surface area contributed by atoms with Gasteiger partial charge in [-0.2, -0.15) is 0 Å². The molecule has 3 rings (SSSR count). The molecule has 10 heteroatoms. The van der Waals surface area contributed by atoms with Crippen molar-refractivity contribution in [3.8, 4) is 17.2 Å². The molecule has 0 unspecified atom stereocenters. The number of carbonyl (C=O) groups is 1. The van der Waals surface area contributed by atoms with Crippen LogP contribution in [0, 0.1) is 0 Å². The van der Waals surface area contributed by atoms with Gasteiger partial charge in [0, 0.05) is 25.2 Å². The molecule has 0 saturated carbocycles. The molecular formula is C22H27ClN2O6S. The highest BCUT2D eigenvalue weighted by Gasteiger charge is 2.25. The predicted molar refractivity (Wildman–Crippen MR) is 123 cm³/mol. The van der Waals surface area contributed by atoms with E-state index < -0.39 is 10.0 Å². The summed E-state index contributed by atoms with van der Waals surface area (Å²) in [6.45, 7) is 1.28. The molecular weight excluding hydrogens is 456 g/mol. The highest BCUT2D eigenvalue weighted by Crippen LogP contribution is 2.37. The molecule has 1 heterocycles. The average Bonchev–Trinajstić information content (AvgIpc) is 3.08. The van der Waals surface area contributed by atoms with Gasteiger partial charge in [-0.1, -0.05) is 24.4 Å². The van der Waals surface area contributed by atoms with Gasteiger partial charge >= 0.3 is 0 Å². The van der Waals surface area contributed by atoms with E-state index in [9.17, 15) is 13.2 Å². The van der Waals surface area contributed by atoms with E-state index in [2.05, 4.69) is 4.72 Å². The average molecular weight is 483 g/mol. The van der Waals surface area contributed by atoms with E-state index in [1.807, 2.05) is 0 Å². The highest BCUT2D eigenvalue weighted by molar-refractivity contribution is 7.92. The SMILES string of the molecule is COc1cc(NS(=O)(=O)c2ccc(OC)c(C(=O)N3CCCCCC3)c2)c(OC)cc1Cl. The van der Waals surface area contributed by atoms with Crippen LogP contribution in [0.25, 0.3) is 0 Å². The van der Waals surface area contributed by atoms with Crippen molar-refractivity contribution in [3.63, 3.8) is 0 Å². The second-order valence-corrected chi connectivity index (χ2v) is 9.45. The minimum Gasteiger partial charge on any atom is -0.496 e. The van der Waals surface area contributed by atoms with Gasteiger partial charge in [-0.25, -0.2) is 8.42 Å². The molecule has 1 N–H and O–H groups in total. The first kappa shape index (κ1) is 24.0. The summed E-state index contributed by atoms with van der Waals surface area (Å²) in [5.74, 6) is 0.598. The van der Waals surface area contributed by atoms with Crippen LogP contribution in [-0.4, -0.2) is 53.6 Å². The first-order chi connectivity index (χ1) is 15.3. The molecule has 2 aromatic rings. The van der Waals surface area contributed by atoms with Crippen molar-refractivity contribution in [2.75, 3.05) is 39.1 Å². The second kappa shape index (κ2) is 10.3. The van der Waals surface area contributed by atoms with Crippen molar-refractivity contribution in [3.05, 3.63) is 40.9 Å². The molecule has 0 aromatic heterocycles. The molecule has 0 atom stereocenters. The van der Waals surface area contributed by atoms with Crippen LogP contribution in [0.1, 0.15) is 36.0 Å². The summed E-state index contributed by atoms with van der Waals surface area (Å²) in [7, 11) is 0.223. The molecule has 1 aliphatic rings. The topological polar surface area (TPSA) is 94.2 Å². The van der Waals surface area contributed by atoms with E-state index in [0.29, 0.717) is 18.8 Å². The number of methoxy groups -OCH3 is 3. The van der Waals surface area contributed by atoms with Crippen LogP contribution in [0.2, 0.25) is 5.02 Å². The molecule has 8 nitrogen and oxygen atoms in total. The summed E-state index contributed by atoms with van der Waals surface area (Å²) in [6, 6.07) is 7.11. The lowest BCUT2D eigenvalue weighted by Crippen LogP contribution is -2.32. The van der Waals surface area contributed by atoms with Crippen LogP contribution < -0.4 is 18.9 Å². The molecule has 1 fully saturated rings. The molecule has 1 aliphatic heterocycles. The molecule has 174 valence electrons. The number of nitrogens with zero attached hydrogens (tertiary/aromatic N) is 1. The summed E-state index contributed by atoms with van der Waals surface area (Å²) in [5, 5.41) is 0.280. The van der Waals surface area contributed by atoms with Gasteiger partial charge in [-0.05, 0) is 31.0 Å². The van der Waals surface area contributed by atoms with Crippen molar-refractivity contribution >= 4 is 33.2 Å². The Hall–Kier alpha value is -2.65. The van der Waals surface area contributed by atoms with E-state index >= 15 is 0 Å². The van der Waals surface area contributed by atoms with E-state index in [0.717, 1.165) is 25.7 Å².